The van der Waals surface area contributed by atoms with Crippen LogP contribution in [0.1, 0.15) is 26.7 Å². The minimum Gasteiger partial charge on any atom is -0.371 e. The first-order valence-corrected chi connectivity index (χ1v) is 6.13. The molecule has 0 atom stereocenters. The average Bonchev–Trinajstić information content (AvgIpc) is 2.37. The number of anilines is 2. The Balaban J connectivity index is 3.11. The molecule has 0 bridgehead atoms. The van der Waals surface area contributed by atoms with Gasteiger partial charge in [-0.1, -0.05) is 13.8 Å². The topological polar surface area (TPSA) is 84.4 Å². The third-order valence-electron chi connectivity index (χ3n) is 2.63. The second kappa shape index (κ2) is 6.80. The lowest BCUT2D eigenvalue weighted by Crippen LogP contribution is -2.25. The third-order valence-corrected chi connectivity index (χ3v) is 2.63. The fourth-order valence-electron chi connectivity index (χ4n) is 1.88. The van der Waals surface area contributed by atoms with E-state index in [0.717, 1.165) is 31.6 Å². The highest BCUT2D eigenvalue weighted by molar-refractivity contribution is 5.64. The van der Waals surface area contributed by atoms with Crippen molar-refractivity contribution in [3.63, 3.8) is 0 Å². The Morgan fingerprint density at radius 3 is 2.33 bits per heavy atom. The molecule has 0 aromatic heterocycles. The number of nitrogens with one attached hydrogen (secondary N) is 1. The van der Waals surface area contributed by atoms with E-state index in [1.165, 1.54) is 6.07 Å². The molecular formula is C12H20N4O2. The molecule has 6 nitrogen and oxygen atoms in total. The number of nitro groups is 1. The number of nitrogen functional groups attached to an aromatic ring is 1. The Morgan fingerprint density at radius 2 is 1.89 bits per heavy atom. The zero-order chi connectivity index (χ0) is 13.5. The van der Waals surface area contributed by atoms with Crippen molar-refractivity contribution in [1.82, 2.24) is 0 Å². The second-order valence-corrected chi connectivity index (χ2v) is 4.13. The van der Waals surface area contributed by atoms with Crippen molar-refractivity contribution >= 4 is 17.1 Å². The zero-order valence-corrected chi connectivity index (χ0v) is 10.8. The van der Waals surface area contributed by atoms with Crippen LogP contribution in [0.5, 0.6) is 0 Å². The second-order valence-electron chi connectivity index (χ2n) is 4.13. The van der Waals surface area contributed by atoms with Crippen LogP contribution >= 0.6 is 0 Å². The van der Waals surface area contributed by atoms with Crippen LogP contribution in [-0.4, -0.2) is 18.0 Å². The maximum atomic E-state index is 10.9. The van der Waals surface area contributed by atoms with Gasteiger partial charge in [-0.05, 0) is 18.9 Å². The molecule has 0 radical (unpaired) electrons. The molecule has 0 aliphatic heterocycles. The summed E-state index contributed by atoms with van der Waals surface area (Å²) < 4.78 is 0. The van der Waals surface area contributed by atoms with Gasteiger partial charge >= 0.3 is 0 Å². The highest BCUT2D eigenvalue weighted by Crippen LogP contribution is 2.26. The molecule has 1 rings (SSSR count). The van der Waals surface area contributed by atoms with Gasteiger partial charge in [0.2, 0.25) is 0 Å². The van der Waals surface area contributed by atoms with Crippen LogP contribution in [0.15, 0.2) is 18.2 Å². The van der Waals surface area contributed by atoms with Crippen LogP contribution in [0.2, 0.25) is 0 Å². The van der Waals surface area contributed by atoms with Crippen LogP contribution in [0.3, 0.4) is 0 Å². The minimum atomic E-state index is -0.402. The number of nitrogens with zero attached hydrogens (tertiary/aromatic N) is 2. The van der Waals surface area contributed by atoms with Gasteiger partial charge in [0.15, 0.2) is 0 Å². The van der Waals surface area contributed by atoms with Gasteiger partial charge in [-0.15, -0.1) is 0 Å². The van der Waals surface area contributed by atoms with E-state index in [0.29, 0.717) is 5.69 Å². The molecule has 18 heavy (non-hydrogen) atoms. The van der Waals surface area contributed by atoms with E-state index >= 15 is 0 Å². The normalized spacial score (nSPS) is 10.2. The standard InChI is InChI=1S/C12H20N4O2/c1-3-5-15(6-4-2)11-7-10(14-13)8-12(9-11)16(17)18/h7-9,14H,3-6,13H2,1-2H3. The highest BCUT2D eigenvalue weighted by atomic mass is 16.6. The lowest BCUT2D eigenvalue weighted by atomic mass is 10.2. The molecule has 3 N–H and O–H groups in total. The summed E-state index contributed by atoms with van der Waals surface area (Å²) in [6, 6.07) is 4.85. The van der Waals surface area contributed by atoms with E-state index in [9.17, 15) is 10.1 Å². The fraction of sp³-hybridized carbons (Fsp3) is 0.500. The Bertz CT molecular complexity index is 403. The first-order chi connectivity index (χ1) is 8.62. The summed E-state index contributed by atoms with van der Waals surface area (Å²) in [6.07, 6.45) is 1.99. The molecule has 0 fully saturated rings. The summed E-state index contributed by atoms with van der Waals surface area (Å²) in [5, 5.41) is 10.9. The summed E-state index contributed by atoms with van der Waals surface area (Å²) in [5.41, 5.74) is 3.91. The van der Waals surface area contributed by atoms with Gasteiger partial charge in [-0.3, -0.25) is 16.0 Å². The lowest BCUT2D eigenvalue weighted by molar-refractivity contribution is -0.384. The van der Waals surface area contributed by atoms with Crippen LogP contribution in [0, 0.1) is 10.1 Å². The van der Waals surface area contributed by atoms with E-state index in [-0.39, 0.29) is 5.69 Å². The predicted molar refractivity (Wildman–Crippen MR) is 73.7 cm³/mol. The number of benzene rings is 1. The molecule has 0 saturated heterocycles. The summed E-state index contributed by atoms with van der Waals surface area (Å²) in [4.78, 5) is 12.6. The van der Waals surface area contributed by atoms with E-state index in [1.54, 1.807) is 6.07 Å². The largest absolute Gasteiger partial charge is 0.371 e. The van der Waals surface area contributed by atoms with Gasteiger partial charge < -0.3 is 10.3 Å². The summed E-state index contributed by atoms with van der Waals surface area (Å²) >= 11 is 0. The van der Waals surface area contributed by atoms with E-state index in [1.807, 2.05) is 6.07 Å². The van der Waals surface area contributed by atoms with E-state index in [2.05, 4.69) is 24.2 Å². The molecule has 0 unspecified atom stereocenters. The van der Waals surface area contributed by atoms with Gasteiger partial charge in [0.1, 0.15) is 0 Å². The molecular weight excluding hydrogens is 232 g/mol. The molecule has 1 aromatic carbocycles. The number of hydrogen-bond acceptors (Lipinski definition) is 5. The average molecular weight is 252 g/mol. The smallest absolute Gasteiger partial charge is 0.273 e. The molecule has 100 valence electrons. The van der Waals surface area contributed by atoms with Crippen LogP contribution in [0.4, 0.5) is 17.1 Å². The number of rotatable bonds is 7. The minimum absolute atomic E-state index is 0.0534. The molecule has 1 aromatic rings. The quantitative estimate of drug-likeness (QED) is 0.442. The van der Waals surface area contributed by atoms with Crippen molar-refractivity contribution in [2.75, 3.05) is 23.4 Å². The summed E-state index contributed by atoms with van der Waals surface area (Å²) in [5.74, 6) is 5.34. The van der Waals surface area contributed by atoms with Gasteiger partial charge in [-0.25, -0.2) is 0 Å². The lowest BCUT2D eigenvalue weighted by Gasteiger charge is -2.24. The van der Waals surface area contributed by atoms with Crippen LogP contribution in [0.25, 0.3) is 0 Å². The van der Waals surface area contributed by atoms with E-state index in [4.69, 9.17) is 5.84 Å². The van der Waals surface area contributed by atoms with Gasteiger partial charge in [0.25, 0.3) is 5.69 Å². The van der Waals surface area contributed by atoms with Crippen LogP contribution in [-0.2, 0) is 0 Å². The molecule has 0 amide bonds. The predicted octanol–water partition coefficient (Wildman–Crippen LogP) is 2.51. The van der Waals surface area contributed by atoms with Crippen molar-refractivity contribution in [2.24, 2.45) is 5.84 Å². The van der Waals surface area contributed by atoms with Crippen LogP contribution < -0.4 is 16.2 Å². The van der Waals surface area contributed by atoms with Crippen molar-refractivity contribution in [1.29, 1.82) is 0 Å². The van der Waals surface area contributed by atoms with Crippen molar-refractivity contribution in [3.05, 3.63) is 28.3 Å². The number of hydrogen-bond donors (Lipinski definition) is 2. The molecule has 0 aliphatic carbocycles. The van der Waals surface area contributed by atoms with E-state index < -0.39 is 4.92 Å². The summed E-state index contributed by atoms with van der Waals surface area (Å²) in [6.45, 7) is 5.92. The monoisotopic (exact) mass is 252 g/mol. The van der Waals surface area contributed by atoms with Gasteiger partial charge in [-0.2, -0.15) is 0 Å². The van der Waals surface area contributed by atoms with Gasteiger partial charge in [0.05, 0.1) is 10.6 Å². The Kier molecular flexibility index (Phi) is 5.38. The Labute approximate surface area is 107 Å². The Morgan fingerprint density at radius 1 is 1.28 bits per heavy atom. The molecule has 0 heterocycles. The highest BCUT2D eigenvalue weighted by Gasteiger charge is 2.13. The first-order valence-electron chi connectivity index (χ1n) is 6.13. The number of nitro benzene ring substituents is 1. The molecule has 0 saturated carbocycles. The third kappa shape index (κ3) is 3.59. The van der Waals surface area contributed by atoms with Crippen molar-refractivity contribution in [2.45, 2.75) is 26.7 Å². The Hall–Kier alpha value is -1.82. The fourth-order valence-corrected chi connectivity index (χ4v) is 1.88. The number of non-ortho nitro benzene ring substituents is 1. The first kappa shape index (κ1) is 14.2. The summed E-state index contributed by atoms with van der Waals surface area (Å²) in [7, 11) is 0. The molecule has 0 aliphatic rings. The van der Waals surface area contributed by atoms with Crippen molar-refractivity contribution < 1.29 is 4.92 Å². The maximum Gasteiger partial charge on any atom is 0.273 e. The maximum absolute atomic E-state index is 10.9. The number of nitrogens with two attached hydrogens (primary N) is 1. The van der Waals surface area contributed by atoms with Crippen molar-refractivity contribution in [3.8, 4) is 0 Å². The number of hydrazine groups is 1. The zero-order valence-electron chi connectivity index (χ0n) is 10.8. The van der Waals surface area contributed by atoms with Gasteiger partial charge in [0, 0.05) is 30.9 Å². The molecule has 0 spiro atoms. The SMILES string of the molecule is CCCN(CCC)c1cc(NN)cc([N+](=O)[O-])c1. The molecule has 6 heteroatoms.